The highest BCUT2D eigenvalue weighted by atomic mass is 16.2. The van der Waals surface area contributed by atoms with Crippen molar-refractivity contribution in [2.45, 2.75) is 45.5 Å². The lowest BCUT2D eigenvalue weighted by Gasteiger charge is -2.16. The van der Waals surface area contributed by atoms with E-state index in [1.807, 2.05) is 11.9 Å². The standard InChI is InChI=1S/C10H21BN4O2/c1-9(16)10(13-14-12)7-5-4-6-8-15(3)11(2)17/h10,17H,4-8H2,1-3H3/t10-/m0/s1. The lowest BCUT2D eigenvalue weighted by molar-refractivity contribution is -0.118. The normalized spacial score (nSPS) is 12.1. The molecule has 0 aliphatic rings. The molecule has 0 radical (unpaired) electrons. The number of carbonyl (C=O) groups excluding carboxylic acids is 1. The number of hydrogen-bond acceptors (Lipinski definition) is 4. The monoisotopic (exact) mass is 240 g/mol. The Hall–Kier alpha value is -1.04. The van der Waals surface area contributed by atoms with Gasteiger partial charge in [0.15, 0.2) is 0 Å². The van der Waals surface area contributed by atoms with E-state index in [2.05, 4.69) is 10.0 Å². The first-order chi connectivity index (χ1) is 7.99. The first-order valence-corrected chi connectivity index (χ1v) is 5.92. The summed E-state index contributed by atoms with van der Waals surface area (Å²) in [6.07, 6.45) is 3.39. The quantitative estimate of drug-likeness (QED) is 0.219. The molecule has 0 aromatic heterocycles. The number of ketones is 1. The highest BCUT2D eigenvalue weighted by Gasteiger charge is 2.12. The Morgan fingerprint density at radius 1 is 1.53 bits per heavy atom. The van der Waals surface area contributed by atoms with Crippen molar-refractivity contribution in [1.82, 2.24) is 4.81 Å². The van der Waals surface area contributed by atoms with E-state index in [4.69, 9.17) is 5.53 Å². The molecule has 1 N–H and O–H groups in total. The van der Waals surface area contributed by atoms with Crippen molar-refractivity contribution in [2.75, 3.05) is 13.6 Å². The third kappa shape index (κ3) is 7.79. The molecule has 6 nitrogen and oxygen atoms in total. The van der Waals surface area contributed by atoms with Crippen LogP contribution < -0.4 is 0 Å². The zero-order chi connectivity index (χ0) is 13.3. The van der Waals surface area contributed by atoms with Gasteiger partial charge in [0.2, 0.25) is 0 Å². The van der Waals surface area contributed by atoms with Crippen molar-refractivity contribution >= 4 is 12.8 Å². The molecule has 0 heterocycles. The Kier molecular flexibility index (Phi) is 8.49. The number of Topliss-reactive ketones (excluding diaryl/α,β-unsaturated/α-hetero) is 1. The number of unbranched alkanes of at least 4 members (excludes halogenated alkanes) is 2. The average Bonchev–Trinajstić information content (AvgIpc) is 2.26. The van der Waals surface area contributed by atoms with Gasteiger partial charge in [-0.2, -0.15) is 0 Å². The number of rotatable bonds is 9. The Balaban J connectivity index is 3.69. The number of carbonyl (C=O) groups is 1. The number of azide groups is 1. The molecular formula is C10H21BN4O2. The molecule has 0 aliphatic heterocycles. The van der Waals surface area contributed by atoms with Crippen LogP contribution in [-0.4, -0.2) is 42.3 Å². The Bertz CT molecular complexity index is 277. The van der Waals surface area contributed by atoms with E-state index in [1.165, 1.54) is 6.92 Å². The molecule has 0 fully saturated rings. The van der Waals surface area contributed by atoms with Crippen LogP contribution in [0.1, 0.15) is 32.6 Å². The van der Waals surface area contributed by atoms with Crippen LogP contribution in [0.4, 0.5) is 0 Å². The van der Waals surface area contributed by atoms with Crippen LogP contribution in [0, 0.1) is 0 Å². The molecule has 0 saturated carbocycles. The summed E-state index contributed by atoms with van der Waals surface area (Å²) in [4.78, 5) is 15.6. The topological polar surface area (TPSA) is 89.3 Å². The lowest BCUT2D eigenvalue weighted by atomic mass is 9.85. The number of nitrogens with zero attached hydrogens (tertiary/aromatic N) is 4. The fourth-order valence-corrected chi connectivity index (χ4v) is 1.47. The predicted molar refractivity (Wildman–Crippen MR) is 68.5 cm³/mol. The Morgan fingerprint density at radius 3 is 2.65 bits per heavy atom. The predicted octanol–water partition coefficient (Wildman–Crippen LogP) is 1.86. The minimum atomic E-state index is -0.519. The van der Waals surface area contributed by atoms with Gasteiger partial charge in [0.05, 0.1) is 6.04 Å². The summed E-state index contributed by atoms with van der Waals surface area (Å²) in [5.74, 6) is -0.0797. The summed E-state index contributed by atoms with van der Waals surface area (Å²) in [7, 11) is 1.44. The fourth-order valence-electron chi connectivity index (χ4n) is 1.47. The third-order valence-electron chi connectivity index (χ3n) is 2.79. The summed E-state index contributed by atoms with van der Waals surface area (Å²) in [6, 6.07) is -0.519. The van der Waals surface area contributed by atoms with Gasteiger partial charge in [-0.25, -0.2) is 0 Å². The second kappa shape index (κ2) is 9.04. The maximum Gasteiger partial charge on any atom is 0.376 e. The van der Waals surface area contributed by atoms with Crippen LogP contribution >= 0.6 is 0 Å². The van der Waals surface area contributed by atoms with Gasteiger partial charge in [-0.05, 0) is 45.7 Å². The third-order valence-corrected chi connectivity index (χ3v) is 2.79. The van der Waals surface area contributed by atoms with Gasteiger partial charge in [0.1, 0.15) is 5.78 Å². The zero-order valence-corrected chi connectivity index (χ0v) is 10.8. The minimum Gasteiger partial charge on any atom is -0.437 e. The van der Waals surface area contributed by atoms with Gasteiger partial charge in [0.25, 0.3) is 0 Å². The van der Waals surface area contributed by atoms with E-state index in [0.29, 0.717) is 6.42 Å². The summed E-state index contributed by atoms with van der Waals surface area (Å²) in [5.41, 5.74) is 8.29. The molecule has 0 unspecified atom stereocenters. The van der Waals surface area contributed by atoms with Gasteiger partial charge in [-0.15, -0.1) is 0 Å². The van der Waals surface area contributed by atoms with Gasteiger partial charge in [-0.1, -0.05) is 18.0 Å². The molecule has 0 aromatic rings. The van der Waals surface area contributed by atoms with Gasteiger partial charge >= 0.3 is 7.05 Å². The van der Waals surface area contributed by atoms with Crippen molar-refractivity contribution < 1.29 is 9.82 Å². The molecule has 0 spiro atoms. The molecule has 0 bridgehead atoms. The van der Waals surface area contributed by atoms with Crippen LogP contribution in [0.5, 0.6) is 0 Å². The van der Waals surface area contributed by atoms with Crippen LogP contribution in [0.25, 0.3) is 10.4 Å². The van der Waals surface area contributed by atoms with E-state index < -0.39 is 13.1 Å². The Morgan fingerprint density at radius 2 is 2.18 bits per heavy atom. The first-order valence-electron chi connectivity index (χ1n) is 5.92. The highest BCUT2D eigenvalue weighted by molar-refractivity contribution is 6.45. The van der Waals surface area contributed by atoms with Crippen molar-refractivity contribution in [2.24, 2.45) is 5.11 Å². The van der Waals surface area contributed by atoms with Gasteiger partial charge < -0.3 is 9.83 Å². The maximum absolute atomic E-state index is 11.1. The summed E-state index contributed by atoms with van der Waals surface area (Å²) >= 11 is 0. The Labute approximate surface area is 103 Å². The summed E-state index contributed by atoms with van der Waals surface area (Å²) in [6.45, 7) is 4.00. The van der Waals surface area contributed by atoms with E-state index in [1.54, 1.807) is 6.82 Å². The molecule has 0 aliphatic carbocycles. The molecule has 1 atom stereocenters. The molecule has 0 saturated heterocycles. The van der Waals surface area contributed by atoms with Crippen molar-refractivity contribution in [3.05, 3.63) is 10.4 Å². The van der Waals surface area contributed by atoms with Crippen LogP contribution in [-0.2, 0) is 4.79 Å². The summed E-state index contributed by atoms with van der Waals surface area (Å²) in [5, 5.41) is 12.7. The highest BCUT2D eigenvalue weighted by Crippen LogP contribution is 2.08. The molecule has 7 heteroatoms. The van der Waals surface area contributed by atoms with Crippen molar-refractivity contribution in [3.63, 3.8) is 0 Å². The van der Waals surface area contributed by atoms with E-state index in [9.17, 15) is 9.82 Å². The van der Waals surface area contributed by atoms with Crippen molar-refractivity contribution in [3.8, 4) is 0 Å². The molecule has 0 rings (SSSR count). The van der Waals surface area contributed by atoms with Gasteiger partial charge in [0, 0.05) is 4.91 Å². The van der Waals surface area contributed by atoms with E-state index in [-0.39, 0.29) is 5.78 Å². The van der Waals surface area contributed by atoms with Crippen LogP contribution in [0.2, 0.25) is 6.82 Å². The van der Waals surface area contributed by atoms with E-state index >= 15 is 0 Å². The second-order valence-corrected chi connectivity index (χ2v) is 4.29. The average molecular weight is 240 g/mol. The van der Waals surface area contributed by atoms with Gasteiger partial charge in [-0.3, -0.25) is 4.79 Å². The maximum atomic E-state index is 11.1. The molecule has 96 valence electrons. The number of hydrogen-bond donors (Lipinski definition) is 1. The minimum absolute atomic E-state index is 0.0797. The smallest absolute Gasteiger partial charge is 0.376 e. The second-order valence-electron chi connectivity index (χ2n) is 4.29. The largest absolute Gasteiger partial charge is 0.437 e. The molecule has 0 amide bonds. The van der Waals surface area contributed by atoms with Crippen LogP contribution in [0.3, 0.4) is 0 Å². The lowest BCUT2D eigenvalue weighted by Crippen LogP contribution is -2.33. The summed E-state index contributed by atoms with van der Waals surface area (Å²) < 4.78 is 0. The van der Waals surface area contributed by atoms with Crippen molar-refractivity contribution in [1.29, 1.82) is 0 Å². The van der Waals surface area contributed by atoms with E-state index in [0.717, 1.165) is 25.8 Å². The SMILES string of the molecule is CB(O)N(C)CCCCC[C@H](N=[N+]=[N-])C(C)=O. The molecule has 0 aromatic carbocycles. The molecular weight excluding hydrogens is 219 g/mol. The first kappa shape index (κ1) is 16.0. The zero-order valence-electron chi connectivity index (χ0n) is 10.8. The molecule has 17 heavy (non-hydrogen) atoms. The fraction of sp³-hybridized carbons (Fsp3) is 0.900. The van der Waals surface area contributed by atoms with Crippen LogP contribution in [0.15, 0.2) is 5.11 Å².